The van der Waals surface area contributed by atoms with Crippen molar-refractivity contribution >= 4 is 17.9 Å². The number of amides is 3. The van der Waals surface area contributed by atoms with Gasteiger partial charge in [0.25, 0.3) is 0 Å². The number of ether oxygens (including phenoxy) is 1. The number of benzene rings is 1. The minimum absolute atomic E-state index is 0.121. The Balaban J connectivity index is 3.15. The molecular formula is C22H31N3O4. The van der Waals surface area contributed by atoms with Gasteiger partial charge in [0.15, 0.2) is 0 Å². The number of rotatable bonds is 6. The number of alkyl carbamates (subject to hydrolysis) is 1. The Morgan fingerprint density at radius 3 is 2.21 bits per heavy atom. The highest BCUT2D eigenvalue weighted by Crippen LogP contribution is 2.24. The number of nitrogens with one attached hydrogen (secondary N) is 2. The first-order chi connectivity index (χ1) is 13.4. The maximum absolute atomic E-state index is 13.0. The van der Waals surface area contributed by atoms with Gasteiger partial charge < -0.3 is 20.3 Å². The van der Waals surface area contributed by atoms with E-state index in [9.17, 15) is 14.4 Å². The molecule has 3 amide bonds. The third-order valence-electron chi connectivity index (χ3n) is 3.93. The van der Waals surface area contributed by atoms with Crippen LogP contribution in [0.3, 0.4) is 0 Å². The van der Waals surface area contributed by atoms with E-state index in [0.29, 0.717) is 11.1 Å². The quantitative estimate of drug-likeness (QED) is 0.718. The van der Waals surface area contributed by atoms with Gasteiger partial charge in [-0.2, -0.15) is 0 Å². The summed E-state index contributed by atoms with van der Waals surface area (Å²) in [6.07, 6.45) is 4.88. The van der Waals surface area contributed by atoms with Crippen LogP contribution in [0.5, 0.6) is 0 Å². The van der Waals surface area contributed by atoms with Gasteiger partial charge in [-0.1, -0.05) is 24.1 Å². The number of nitrogens with zero attached hydrogens (tertiary/aromatic N) is 1. The normalized spacial score (nSPS) is 13.1. The Morgan fingerprint density at radius 1 is 1.10 bits per heavy atom. The molecule has 158 valence electrons. The van der Waals surface area contributed by atoms with Crippen LogP contribution >= 0.6 is 0 Å². The molecule has 0 aliphatic rings. The zero-order chi connectivity index (χ0) is 22.4. The number of hydrogen-bond donors (Lipinski definition) is 2. The zero-order valence-electron chi connectivity index (χ0n) is 18.2. The van der Waals surface area contributed by atoms with Crippen molar-refractivity contribution in [3.8, 4) is 12.3 Å². The van der Waals surface area contributed by atoms with Crippen LogP contribution in [-0.2, 0) is 14.3 Å². The number of carbonyl (C=O) groups excluding carboxylic acids is 3. The predicted molar refractivity (Wildman–Crippen MR) is 112 cm³/mol. The van der Waals surface area contributed by atoms with Crippen LogP contribution in [0.25, 0.3) is 0 Å². The molecule has 0 spiro atoms. The highest BCUT2D eigenvalue weighted by Gasteiger charge is 2.33. The molecule has 1 aromatic carbocycles. The molecule has 0 heterocycles. The SMILES string of the molecule is C#Cc1ccccc1C(C(=O)NC(C)C)N(C)C(=O)C(C)NC(=O)OC(C)(C)C. The van der Waals surface area contributed by atoms with E-state index in [1.165, 1.54) is 18.9 Å². The lowest BCUT2D eigenvalue weighted by Crippen LogP contribution is -2.51. The van der Waals surface area contributed by atoms with E-state index in [1.54, 1.807) is 45.0 Å². The molecule has 0 radical (unpaired) electrons. The Morgan fingerprint density at radius 2 is 1.69 bits per heavy atom. The zero-order valence-corrected chi connectivity index (χ0v) is 18.2. The van der Waals surface area contributed by atoms with Crippen molar-refractivity contribution in [2.24, 2.45) is 0 Å². The Labute approximate surface area is 173 Å². The molecule has 2 unspecified atom stereocenters. The number of likely N-dealkylation sites (N-methyl/N-ethyl adjacent to an activating group) is 1. The van der Waals surface area contributed by atoms with Crippen LogP contribution in [0, 0.1) is 12.3 Å². The Hall–Kier alpha value is -3.01. The van der Waals surface area contributed by atoms with Crippen molar-refractivity contribution in [2.75, 3.05) is 7.05 Å². The van der Waals surface area contributed by atoms with E-state index in [4.69, 9.17) is 11.2 Å². The second-order valence-corrected chi connectivity index (χ2v) is 8.11. The van der Waals surface area contributed by atoms with Crippen molar-refractivity contribution in [1.82, 2.24) is 15.5 Å². The van der Waals surface area contributed by atoms with Gasteiger partial charge in [-0.3, -0.25) is 9.59 Å². The summed E-state index contributed by atoms with van der Waals surface area (Å²) in [5.74, 6) is 1.75. The first-order valence-electron chi connectivity index (χ1n) is 9.49. The molecular weight excluding hydrogens is 370 g/mol. The molecule has 2 atom stereocenters. The largest absolute Gasteiger partial charge is 0.444 e. The van der Waals surface area contributed by atoms with Crippen molar-refractivity contribution < 1.29 is 19.1 Å². The number of hydrogen-bond acceptors (Lipinski definition) is 4. The van der Waals surface area contributed by atoms with Gasteiger partial charge in [-0.25, -0.2) is 4.79 Å². The van der Waals surface area contributed by atoms with Crippen LogP contribution in [-0.4, -0.2) is 47.5 Å². The standard InChI is InChI=1S/C22H31N3O4/c1-9-16-12-10-11-13-17(16)18(19(26)23-14(2)3)25(8)20(27)15(4)24-21(28)29-22(5,6)7/h1,10-15,18H,2-8H3,(H,23,26)(H,24,28). The third kappa shape index (κ3) is 7.15. The number of carbonyl (C=O) groups is 3. The Bertz CT molecular complexity index is 790. The molecule has 2 N–H and O–H groups in total. The highest BCUT2D eigenvalue weighted by atomic mass is 16.6. The first kappa shape index (κ1) is 24.0. The maximum atomic E-state index is 13.0. The summed E-state index contributed by atoms with van der Waals surface area (Å²) in [5.41, 5.74) is 0.363. The Kier molecular flexibility index (Phi) is 8.26. The smallest absolute Gasteiger partial charge is 0.408 e. The van der Waals surface area contributed by atoms with Gasteiger partial charge in [0.1, 0.15) is 17.7 Å². The summed E-state index contributed by atoms with van der Waals surface area (Å²) in [6.45, 7) is 10.4. The molecule has 0 saturated heterocycles. The van der Waals surface area contributed by atoms with Crippen LogP contribution in [0.1, 0.15) is 58.7 Å². The van der Waals surface area contributed by atoms with Gasteiger partial charge in [-0.15, -0.1) is 6.42 Å². The van der Waals surface area contributed by atoms with E-state index in [-0.39, 0.29) is 11.9 Å². The number of terminal acetylenes is 1. The van der Waals surface area contributed by atoms with E-state index in [0.717, 1.165) is 0 Å². The molecule has 29 heavy (non-hydrogen) atoms. The predicted octanol–water partition coefficient (Wildman–Crippen LogP) is 2.61. The molecule has 1 aromatic rings. The third-order valence-corrected chi connectivity index (χ3v) is 3.93. The topological polar surface area (TPSA) is 87.7 Å². The van der Waals surface area contributed by atoms with E-state index >= 15 is 0 Å². The lowest BCUT2D eigenvalue weighted by Gasteiger charge is -2.31. The monoisotopic (exact) mass is 401 g/mol. The van der Waals surface area contributed by atoms with E-state index in [2.05, 4.69) is 16.6 Å². The van der Waals surface area contributed by atoms with Crippen molar-refractivity contribution in [3.63, 3.8) is 0 Å². The first-order valence-corrected chi connectivity index (χ1v) is 9.49. The second-order valence-electron chi connectivity index (χ2n) is 8.11. The van der Waals surface area contributed by atoms with Gasteiger partial charge in [0.2, 0.25) is 11.8 Å². The average molecular weight is 402 g/mol. The average Bonchev–Trinajstić information content (AvgIpc) is 2.59. The molecule has 0 aliphatic heterocycles. The summed E-state index contributed by atoms with van der Waals surface area (Å²) in [7, 11) is 1.51. The minimum Gasteiger partial charge on any atom is -0.444 e. The molecule has 0 bridgehead atoms. The summed E-state index contributed by atoms with van der Waals surface area (Å²) < 4.78 is 5.19. The van der Waals surface area contributed by atoms with Gasteiger partial charge >= 0.3 is 6.09 Å². The van der Waals surface area contributed by atoms with E-state index < -0.39 is 29.7 Å². The van der Waals surface area contributed by atoms with Crippen molar-refractivity contribution in [2.45, 2.75) is 65.3 Å². The fourth-order valence-corrected chi connectivity index (χ4v) is 2.73. The molecule has 7 nitrogen and oxygen atoms in total. The molecule has 0 aliphatic carbocycles. The summed E-state index contributed by atoms with van der Waals surface area (Å²) in [6, 6.07) is 4.99. The fraction of sp³-hybridized carbons (Fsp3) is 0.500. The lowest BCUT2D eigenvalue weighted by atomic mass is 9.98. The highest BCUT2D eigenvalue weighted by molar-refractivity contribution is 5.92. The maximum Gasteiger partial charge on any atom is 0.408 e. The van der Waals surface area contributed by atoms with Gasteiger partial charge in [-0.05, 0) is 53.2 Å². The molecule has 0 fully saturated rings. The molecule has 7 heteroatoms. The molecule has 0 saturated carbocycles. The van der Waals surface area contributed by atoms with Gasteiger partial charge in [0.05, 0.1) is 0 Å². The van der Waals surface area contributed by atoms with Crippen LogP contribution in [0.15, 0.2) is 24.3 Å². The second kappa shape index (κ2) is 9.97. The summed E-state index contributed by atoms with van der Waals surface area (Å²) >= 11 is 0. The van der Waals surface area contributed by atoms with Gasteiger partial charge in [0, 0.05) is 18.7 Å². The molecule has 0 aromatic heterocycles. The summed E-state index contributed by atoms with van der Waals surface area (Å²) in [4.78, 5) is 39.2. The minimum atomic E-state index is -0.944. The van der Waals surface area contributed by atoms with E-state index in [1.807, 2.05) is 13.8 Å². The lowest BCUT2D eigenvalue weighted by molar-refractivity contribution is -0.140. The molecule has 1 rings (SSSR count). The fourth-order valence-electron chi connectivity index (χ4n) is 2.73. The van der Waals surface area contributed by atoms with Crippen molar-refractivity contribution in [1.29, 1.82) is 0 Å². The van der Waals surface area contributed by atoms with Crippen LogP contribution < -0.4 is 10.6 Å². The van der Waals surface area contributed by atoms with Crippen molar-refractivity contribution in [3.05, 3.63) is 35.4 Å². The van der Waals surface area contributed by atoms with Crippen LogP contribution in [0.4, 0.5) is 4.79 Å². The summed E-state index contributed by atoms with van der Waals surface area (Å²) in [5, 5.41) is 5.33. The van der Waals surface area contributed by atoms with Crippen LogP contribution in [0.2, 0.25) is 0 Å².